The summed E-state index contributed by atoms with van der Waals surface area (Å²) < 4.78 is 0. The third-order valence-corrected chi connectivity index (χ3v) is 5.09. The minimum absolute atomic E-state index is 0.395. The number of aliphatic carboxylic acids is 1. The van der Waals surface area contributed by atoms with Gasteiger partial charge in [-0.1, -0.05) is 44.2 Å². The summed E-state index contributed by atoms with van der Waals surface area (Å²) in [5.74, 6) is -0.445. The Balaban J connectivity index is 2.59. The molecule has 2 N–H and O–H groups in total. The Hall–Kier alpha value is -2.13. The fourth-order valence-electron chi connectivity index (χ4n) is 3.10. The first-order chi connectivity index (χ1) is 12.2. The average Bonchev–Trinajstić information content (AvgIpc) is 2.56. The molecule has 2 unspecified atom stereocenters. The van der Waals surface area contributed by atoms with Gasteiger partial charge in [-0.2, -0.15) is 0 Å². The molecule has 0 amide bonds. The highest BCUT2D eigenvalue weighted by atomic mass is 16.4. The van der Waals surface area contributed by atoms with Crippen LogP contribution in [0.4, 0.5) is 0 Å². The van der Waals surface area contributed by atoms with E-state index in [4.69, 9.17) is 0 Å². The van der Waals surface area contributed by atoms with Gasteiger partial charge < -0.3 is 10.2 Å². The Bertz CT molecular complexity index is 764. The standard InChI is InChI=1S/C23H30O3/c1-6-17-14-21-15(2)8-7-9-18(16(3)24)12-20(21)13-19(17)10-11-23(4,5)22(25)26/h7,9-16,24H,6,8H2,1-5H3,(H,25,26). The first-order valence-electron chi connectivity index (χ1n) is 9.31. The molecule has 0 bridgehead atoms. The van der Waals surface area contributed by atoms with Crippen LogP contribution in [0.1, 0.15) is 69.2 Å². The molecule has 3 heteroatoms. The number of carboxylic acid groups (broad SMARTS) is 1. The number of aliphatic hydroxyl groups is 1. The summed E-state index contributed by atoms with van der Waals surface area (Å²) in [6.07, 6.45) is 11.1. The van der Waals surface area contributed by atoms with Crippen molar-refractivity contribution < 1.29 is 15.0 Å². The quantitative estimate of drug-likeness (QED) is 0.764. The maximum atomic E-state index is 11.4. The van der Waals surface area contributed by atoms with Gasteiger partial charge in [0.1, 0.15) is 0 Å². The number of aryl methyl sites for hydroxylation is 1. The van der Waals surface area contributed by atoms with E-state index in [0.717, 1.165) is 29.5 Å². The molecule has 1 aliphatic carbocycles. The maximum absolute atomic E-state index is 11.4. The van der Waals surface area contributed by atoms with Crippen molar-refractivity contribution in [3.8, 4) is 0 Å². The molecule has 2 rings (SSSR count). The Morgan fingerprint density at radius 2 is 2.08 bits per heavy atom. The van der Waals surface area contributed by atoms with E-state index in [0.29, 0.717) is 5.92 Å². The molecule has 0 radical (unpaired) electrons. The molecule has 1 aromatic carbocycles. The second kappa shape index (κ2) is 8.05. The van der Waals surface area contributed by atoms with E-state index in [9.17, 15) is 15.0 Å². The number of fused-ring (bicyclic) bond motifs is 1. The summed E-state index contributed by atoms with van der Waals surface area (Å²) in [5.41, 5.74) is 4.61. The Labute approximate surface area is 156 Å². The molecule has 140 valence electrons. The molecule has 0 aromatic heterocycles. The molecule has 0 heterocycles. The first kappa shape index (κ1) is 20.2. The van der Waals surface area contributed by atoms with E-state index < -0.39 is 17.5 Å². The van der Waals surface area contributed by atoms with Crippen LogP contribution in [-0.4, -0.2) is 22.3 Å². The van der Waals surface area contributed by atoms with E-state index in [1.807, 2.05) is 18.2 Å². The highest BCUT2D eigenvalue weighted by Crippen LogP contribution is 2.32. The third kappa shape index (κ3) is 4.53. The summed E-state index contributed by atoms with van der Waals surface area (Å²) in [4.78, 5) is 11.4. The van der Waals surface area contributed by atoms with Crippen molar-refractivity contribution in [3.63, 3.8) is 0 Å². The molecule has 0 fully saturated rings. The summed E-state index contributed by atoms with van der Waals surface area (Å²) in [5, 5.41) is 19.4. The smallest absolute Gasteiger partial charge is 0.312 e. The van der Waals surface area contributed by atoms with Crippen LogP contribution in [0.5, 0.6) is 0 Å². The number of carbonyl (C=O) groups is 1. The van der Waals surface area contributed by atoms with Crippen molar-refractivity contribution >= 4 is 18.1 Å². The van der Waals surface area contributed by atoms with Crippen molar-refractivity contribution in [1.29, 1.82) is 0 Å². The van der Waals surface area contributed by atoms with Crippen LogP contribution in [0, 0.1) is 5.41 Å². The monoisotopic (exact) mass is 354 g/mol. The highest BCUT2D eigenvalue weighted by molar-refractivity contribution is 5.78. The summed E-state index contributed by atoms with van der Waals surface area (Å²) >= 11 is 0. The average molecular weight is 354 g/mol. The zero-order valence-electron chi connectivity index (χ0n) is 16.4. The van der Waals surface area contributed by atoms with Gasteiger partial charge in [0.15, 0.2) is 0 Å². The van der Waals surface area contributed by atoms with Crippen LogP contribution in [0.3, 0.4) is 0 Å². The van der Waals surface area contributed by atoms with Crippen LogP contribution in [0.25, 0.3) is 12.2 Å². The predicted octanol–water partition coefficient (Wildman–Crippen LogP) is 5.20. The normalized spacial score (nSPS) is 18.8. The number of allylic oxidation sites excluding steroid dienone is 1. The number of benzene rings is 1. The SMILES string of the molecule is CCc1cc2c(cc1C=CC(C)(C)C(=O)O)C=C(C(C)O)C=CCC2C. The van der Waals surface area contributed by atoms with Gasteiger partial charge in [-0.05, 0) is 79.5 Å². The first-order valence-corrected chi connectivity index (χ1v) is 9.31. The van der Waals surface area contributed by atoms with Crippen molar-refractivity contribution in [2.24, 2.45) is 5.41 Å². The zero-order valence-corrected chi connectivity index (χ0v) is 16.4. The number of carboxylic acids is 1. The molecule has 3 nitrogen and oxygen atoms in total. The highest BCUT2D eigenvalue weighted by Gasteiger charge is 2.23. The van der Waals surface area contributed by atoms with Crippen molar-refractivity contribution in [1.82, 2.24) is 0 Å². The zero-order chi connectivity index (χ0) is 19.5. The van der Waals surface area contributed by atoms with Gasteiger partial charge in [0.25, 0.3) is 0 Å². The Morgan fingerprint density at radius 3 is 2.65 bits per heavy atom. The summed E-state index contributed by atoms with van der Waals surface area (Å²) in [6.45, 7) is 9.50. The number of aliphatic hydroxyl groups excluding tert-OH is 1. The molecule has 0 saturated carbocycles. The fourth-order valence-corrected chi connectivity index (χ4v) is 3.10. The van der Waals surface area contributed by atoms with E-state index in [1.54, 1.807) is 26.8 Å². The lowest BCUT2D eigenvalue weighted by molar-refractivity contribution is -0.144. The van der Waals surface area contributed by atoms with Crippen molar-refractivity contribution in [2.45, 2.75) is 59.5 Å². The van der Waals surface area contributed by atoms with E-state index in [1.165, 1.54) is 11.1 Å². The van der Waals surface area contributed by atoms with Crippen LogP contribution in [0.2, 0.25) is 0 Å². The molecule has 1 aromatic rings. The molecule has 2 atom stereocenters. The molecule has 0 saturated heterocycles. The number of hydrogen-bond donors (Lipinski definition) is 2. The minimum atomic E-state index is -0.911. The maximum Gasteiger partial charge on any atom is 0.312 e. The number of hydrogen-bond acceptors (Lipinski definition) is 2. The second-order valence-electron chi connectivity index (χ2n) is 7.75. The van der Waals surface area contributed by atoms with Crippen LogP contribution >= 0.6 is 0 Å². The molecule has 0 aliphatic heterocycles. The lowest BCUT2D eigenvalue weighted by Crippen LogP contribution is -2.20. The van der Waals surface area contributed by atoms with E-state index in [-0.39, 0.29) is 0 Å². The molecule has 1 aliphatic rings. The van der Waals surface area contributed by atoms with Crippen LogP contribution in [0.15, 0.2) is 35.9 Å². The summed E-state index contributed by atoms with van der Waals surface area (Å²) in [6, 6.07) is 4.36. The topological polar surface area (TPSA) is 57.5 Å². The molecule has 26 heavy (non-hydrogen) atoms. The molecule has 0 spiro atoms. The molecular formula is C23H30O3. The third-order valence-electron chi connectivity index (χ3n) is 5.09. The van der Waals surface area contributed by atoms with Gasteiger partial charge >= 0.3 is 5.97 Å². The van der Waals surface area contributed by atoms with Crippen LogP contribution in [-0.2, 0) is 11.2 Å². The predicted molar refractivity (Wildman–Crippen MR) is 108 cm³/mol. The van der Waals surface area contributed by atoms with Crippen LogP contribution < -0.4 is 0 Å². The van der Waals surface area contributed by atoms with Crippen molar-refractivity contribution in [3.05, 3.63) is 58.2 Å². The van der Waals surface area contributed by atoms with Gasteiger partial charge in [0, 0.05) is 0 Å². The Kier molecular flexibility index (Phi) is 6.25. The van der Waals surface area contributed by atoms with E-state index in [2.05, 4.69) is 32.1 Å². The Morgan fingerprint density at radius 1 is 1.38 bits per heavy atom. The largest absolute Gasteiger partial charge is 0.481 e. The van der Waals surface area contributed by atoms with Gasteiger partial charge in [0.2, 0.25) is 0 Å². The second-order valence-corrected chi connectivity index (χ2v) is 7.75. The van der Waals surface area contributed by atoms with Gasteiger partial charge in [-0.15, -0.1) is 0 Å². The van der Waals surface area contributed by atoms with Gasteiger partial charge in [-0.25, -0.2) is 0 Å². The van der Waals surface area contributed by atoms with Gasteiger partial charge in [0.05, 0.1) is 11.5 Å². The molecular weight excluding hydrogens is 324 g/mol. The lowest BCUT2D eigenvalue weighted by Gasteiger charge is -2.21. The van der Waals surface area contributed by atoms with Crippen molar-refractivity contribution in [2.75, 3.05) is 0 Å². The lowest BCUT2D eigenvalue weighted by atomic mass is 9.85. The number of rotatable bonds is 5. The van der Waals surface area contributed by atoms with E-state index >= 15 is 0 Å². The minimum Gasteiger partial charge on any atom is -0.481 e. The summed E-state index contributed by atoms with van der Waals surface area (Å²) in [7, 11) is 0. The fraction of sp³-hybridized carbons (Fsp3) is 0.435. The van der Waals surface area contributed by atoms with Gasteiger partial charge in [-0.3, -0.25) is 4.79 Å².